The van der Waals surface area contributed by atoms with Gasteiger partial charge in [-0.2, -0.15) is 0 Å². The van der Waals surface area contributed by atoms with Crippen LogP contribution in [-0.2, 0) is 11.3 Å². The number of nitrogen functional groups attached to an aromatic ring is 1. The molecule has 1 unspecified atom stereocenters. The van der Waals surface area contributed by atoms with E-state index >= 15 is 0 Å². The molecule has 0 radical (unpaired) electrons. The van der Waals surface area contributed by atoms with Crippen molar-refractivity contribution in [2.24, 2.45) is 0 Å². The summed E-state index contributed by atoms with van der Waals surface area (Å²) >= 11 is 0. The zero-order valence-electron chi connectivity index (χ0n) is 10.4. The van der Waals surface area contributed by atoms with Crippen molar-refractivity contribution in [3.63, 3.8) is 0 Å². The number of anilines is 1. The molecule has 0 bridgehead atoms. The minimum atomic E-state index is 0.338. The highest BCUT2D eigenvalue weighted by Gasteiger charge is 2.23. The molecule has 1 aliphatic heterocycles. The summed E-state index contributed by atoms with van der Waals surface area (Å²) in [5.74, 6) is 0.743. The van der Waals surface area contributed by atoms with Crippen LogP contribution in [0.5, 0.6) is 0 Å². The van der Waals surface area contributed by atoms with Gasteiger partial charge < -0.3 is 14.9 Å². The predicted molar refractivity (Wildman–Crippen MR) is 69.1 cm³/mol. The maximum absolute atomic E-state index is 5.72. The average molecular weight is 247 g/mol. The molecular weight excluding hydrogens is 230 g/mol. The summed E-state index contributed by atoms with van der Waals surface area (Å²) in [7, 11) is 1.76. The first kappa shape index (κ1) is 11.5. The standard InChI is InChI=1S/C13H17N3O2/c1-17-10-4-5-16(7-10)8-13-15-11-3-2-9(14)6-12(11)18-13/h2-3,6,10H,4-5,7-8,14H2,1H3. The highest BCUT2D eigenvalue weighted by atomic mass is 16.5. The van der Waals surface area contributed by atoms with Gasteiger partial charge in [-0.05, 0) is 18.6 Å². The number of rotatable bonds is 3. The molecule has 2 N–H and O–H groups in total. The van der Waals surface area contributed by atoms with Crippen LogP contribution in [-0.4, -0.2) is 36.2 Å². The number of fused-ring (bicyclic) bond motifs is 1. The van der Waals surface area contributed by atoms with Gasteiger partial charge in [0.15, 0.2) is 5.58 Å². The lowest BCUT2D eigenvalue weighted by Gasteiger charge is -2.12. The summed E-state index contributed by atoms with van der Waals surface area (Å²) in [6, 6.07) is 5.54. The van der Waals surface area contributed by atoms with E-state index in [1.54, 1.807) is 7.11 Å². The number of methoxy groups -OCH3 is 1. The number of nitrogens with two attached hydrogens (primary N) is 1. The van der Waals surface area contributed by atoms with Crippen LogP contribution in [0.2, 0.25) is 0 Å². The van der Waals surface area contributed by atoms with E-state index in [0.717, 1.165) is 43.0 Å². The maximum Gasteiger partial charge on any atom is 0.209 e. The van der Waals surface area contributed by atoms with Gasteiger partial charge in [0.05, 0.1) is 12.6 Å². The highest BCUT2D eigenvalue weighted by molar-refractivity contribution is 5.76. The lowest BCUT2D eigenvalue weighted by molar-refractivity contribution is 0.106. The molecule has 1 atom stereocenters. The smallest absolute Gasteiger partial charge is 0.209 e. The molecule has 1 saturated heterocycles. The van der Waals surface area contributed by atoms with E-state index in [0.29, 0.717) is 11.8 Å². The first-order valence-electron chi connectivity index (χ1n) is 6.14. The third kappa shape index (κ3) is 2.19. The number of hydrogen-bond donors (Lipinski definition) is 1. The zero-order valence-corrected chi connectivity index (χ0v) is 10.4. The maximum atomic E-state index is 5.72. The Bertz CT molecular complexity index is 552. The number of nitrogens with zero attached hydrogens (tertiary/aromatic N) is 2. The Morgan fingerprint density at radius 2 is 2.44 bits per heavy atom. The van der Waals surface area contributed by atoms with Gasteiger partial charge in [-0.1, -0.05) is 0 Å². The van der Waals surface area contributed by atoms with Crippen LogP contribution in [0.1, 0.15) is 12.3 Å². The van der Waals surface area contributed by atoms with Crippen molar-refractivity contribution in [1.82, 2.24) is 9.88 Å². The minimum absolute atomic E-state index is 0.338. The van der Waals surface area contributed by atoms with Crippen LogP contribution in [0.3, 0.4) is 0 Å². The van der Waals surface area contributed by atoms with E-state index in [4.69, 9.17) is 14.9 Å². The van der Waals surface area contributed by atoms with Gasteiger partial charge in [-0.3, -0.25) is 4.90 Å². The van der Waals surface area contributed by atoms with E-state index in [-0.39, 0.29) is 0 Å². The lowest BCUT2D eigenvalue weighted by Crippen LogP contribution is -2.22. The molecule has 1 aromatic heterocycles. The van der Waals surface area contributed by atoms with E-state index in [1.807, 2.05) is 18.2 Å². The van der Waals surface area contributed by atoms with Gasteiger partial charge in [0.25, 0.3) is 0 Å². The molecule has 1 aromatic carbocycles. The Labute approximate surface area is 106 Å². The number of benzene rings is 1. The summed E-state index contributed by atoms with van der Waals surface area (Å²) in [5.41, 5.74) is 8.04. The monoisotopic (exact) mass is 247 g/mol. The van der Waals surface area contributed by atoms with Gasteiger partial charge in [-0.25, -0.2) is 4.98 Å². The SMILES string of the molecule is COC1CCN(Cc2nc3ccc(N)cc3o2)C1. The van der Waals surface area contributed by atoms with E-state index in [2.05, 4.69) is 9.88 Å². The van der Waals surface area contributed by atoms with Gasteiger partial charge in [0.1, 0.15) is 5.52 Å². The number of oxazole rings is 1. The van der Waals surface area contributed by atoms with E-state index < -0.39 is 0 Å². The van der Waals surface area contributed by atoms with Gasteiger partial charge in [-0.15, -0.1) is 0 Å². The van der Waals surface area contributed by atoms with E-state index in [9.17, 15) is 0 Å². The van der Waals surface area contributed by atoms with Gasteiger partial charge in [0, 0.05) is 32.0 Å². The van der Waals surface area contributed by atoms with Crippen molar-refractivity contribution in [2.45, 2.75) is 19.1 Å². The molecule has 96 valence electrons. The van der Waals surface area contributed by atoms with Crippen molar-refractivity contribution >= 4 is 16.8 Å². The van der Waals surface area contributed by atoms with Crippen molar-refractivity contribution < 1.29 is 9.15 Å². The summed E-state index contributed by atoms with van der Waals surface area (Å²) in [6.45, 7) is 2.70. The summed E-state index contributed by atoms with van der Waals surface area (Å²) < 4.78 is 11.1. The molecule has 2 heterocycles. The fourth-order valence-corrected chi connectivity index (χ4v) is 2.38. The Kier molecular flexibility index (Phi) is 2.93. The Balaban J connectivity index is 1.75. The highest BCUT2D eigenvalue weighted by Crippen LogP contribution is 2.21. The number of aromatic nitrogens is 1. The van der Waals surface area contributed by atoms with Crippen LogP contribution in [0.25, 0.3) is 11.1 Å². The topological polar surface area (TPSA) is 64.5 Å². The molecule has 1 fully saturated rings. The molecule has 5 heteroatoms. The minimum Gasteiger partial charge on any atom is -0.439 e. The van der Waals surface area contributed by atoms with Crippen molar-refractivity contribution in [3.8, 4) is 0 Å². The molecule has 1 aliphatic rings. The third-order valence-electron chi connectivity index (χ3n) is 3.38. The Morgan fingerprint density at radius 1 is 1.56 bits per heavy atom. The van der Waals surface area contributed by atoms with Crippen LogP contribution < -0.4 is 5.73 Å². The molecule has 0 saturated carbocycles. The fourth-order valence-electron chi connectivity index (χ4n) is 2.38. The van der Waals surface area contributed by atoms with E-state index in [1.165, 1.54) is 0 Å². The normalized spacial score (nSPS) is 20.8. The van der Waals surface area contributed by atoms with Crippen molar-refractivity contribution in [2.75, 3.05) is 25.9 Å². The largest absolute Gasteiger partial charge is 0.439 e. The number of hydrogen-bond acceptors (Lipinski definition) is 5. The molecule has 3 rings (SSSR count). The van der Waals surface area contributed by atoms with Crippen molar-refractivity contribution in [1.29, 1.82) is 0 Å². The Hall–Kier alpha value is -1.59. The number of likely N-dealkylation sites (tertiary alicyclic amines) is 1. The van der Waals surface area contributed by atoms with Crippen LogP contribution >= 0.6 is 0 Å². The molecule has 5 nitrogen and oxygen atoms in total. The Morgan fingerprint density at radius 3 is 3.22 bits per heavy atom. The summed E-state index contributed by atoms with van der Waals surface area (Å²) in [5, 5.41) is 0. The lowest BCUT2D eigenvalue weighted by atomic mass is 10.3. The van der Waals surface area contributed by atoms with Gasteiger partial charge in [0.2, 0.25) is 5.89 Å². The van der Waals surface area contributed by atoms with Crippen LogP contribution in [0, 0.1) is 0 Å². The van der Waals surface area contributed by atoms with Gasteiger partial charge >= 0.3 is 0 Å². The van der Waals surface area contributed by atoms with Crippen LogP contribution in [0.15, 0.2) is 22.6 Å². The second-order valence-corrected chi connectivity index (χ2v) is 4.72. The average Bonchev–Trinajstić information content (AvgIpc) is 2.95. The third-order valence-corrected chi connectivity index (χ3v) is 3.38. The second kappa shape index (κ2) is 4.59. The zero-order chi connectivity index (χ0) is 12.5. The second-order valence-electron chi connectivity index (χ2n) is 4.72. The fraction of sp³-hybridized carbons (Fsp3) is 0.462. The molecule has 0 aliphatic carbocycles. The molecule has 18 heavy (non-hydrogen) atoms. The van der Waals surface area contributed by atoms with Crippen LogP contribution in [0.4, 0.5) is 5.69 Å². The molecule has 0 amide bonds. The number of ether oxygens (including phenoxy) is 1. The predicted octanol–water partition coefficient (Wildman–Crippen LogP) is 1.63. The first-order chi connectivity index (χ1) is 8.74. The quantitative estimate of drug-likeness (QED) is 0.835. The van der Waals surface area contributed by atoms with Crippen molar-refractivity contribution in [3.05, 3.63) is 24.1 Å². The molecule has 0 spiro atoms. The first-order valence-corrected chi connectivity index (χ1v) is 6.14. The summed E-state index contributed by atoms with van der Waals surface area (Å²) in [6.07, 6.45) is 1.41. The molecule has 2 aromatic rings. The molecular formula is C13H17N3O2. The summed E-state index contributed by atoms with van der Waals surface area (Å²) in [4.78, 5) is 6.76.